The Hall–Kier alpha value is -3.32. The van der Waals surface area contributed by atoms with E-state index in [0.717, 1.165) is 28.2 Å². The molecule has 4 rings (SSSR count). The van der Waals surface area contributed by atoms with Crippen LogP contribution in [0, 0.1) is 18.3 Å². The van der Waals surface area contributed by atoms with E-state index in [2.05, 4.69) is 73.5 Å². The molecule has 0 aliphatic carbocycles. The molecule has 1 atom stereocenters. The van der Waals surface area contributed by atoms with Gasteiger partial charge in [0, 0.05) is 36.5 Å². The van der Waals surface area contributed by atoms with Crippen molar-refractivity contribution in [2.45, 2.75) is 64.8 Å². The standard InChI is InChI=1S/C28H36N6O2Si/c1-18-24(10-19(15-35)14-31-18)34-26-30-9-8-23(33-26)20-11-21(13-29)25-22(12-20)28(5,16-32-25)17-36-37(6,7)27(2,3)4/h8-12,14,32,35H,15-17H2,1-7H3,(H,30,33,34)/t28-/m1/s1. The van der Waals surface area contributed by atoms with Gasteiger partial charge in [-0.2, -0.15) is 5.26 Å². The van der Waals surface area contributed by atoms with E-state index in [1.54, 1.807) is 12.4 Å². The lowest BCUT2D eigenvalue weighted by molar-refractivity contribution is 0.220. The summed E-state index contributed by atoms with van der Waals surface area (Å²) in [6, 6.07) is 10.0. The van der Waals surface area contributed by atoms with E-state index in [0.29, 0.717) is 35.9 Å². The number of aryl methyl sites for hydroxylation is 1. The molecule has 0 amide bonds. The lowest BCUT2D eigenvalue weighted by Gasteiger charge is -2.39. The molecule has 0 spiro atoms. The second kappa shape index (κ2) is 9.86. The molecule has 0 unspecified atom stereocenters. The Morgan fingerprint density at radius 3 is 2.68 bits per heavy atom. The van der Waals surface area contributed by atoms with Crippen LogP contribution in [0.25, 0.3) is 11.3 Å². The largest absolute Gasteiger partial charge is 0.416 e. The number of nitriles is 1. The number of aromatic nitrogens is 3. The molecule has 8 nitrogen and oxygen atoms in total. The van der Waals surface area contributed by atoms with Gasteiger partial charge in [-0.1, -0.05) is 27.7 Å². The molecule has 1 aliphatic rings. The number of hydrogen-bond donors (Lipinski definition) is 3. The number of hydrogen-bond acceptors (Lipinski definition) is 8. The molecule has 194 valence electrons. The van der Waals surface area contributed by atoms with Crippen LogP contribution in [0.4, 0.5) is 17.3 Å². The van der Waals surface area contributed by atoms with E-state index in [1.165, 1.54) is 0 Å². The van der Waals surface area contributed by atoms with Gasteiger partial charge in [0.1, 0.15) is 6.07 Å². The summed E-state index contributed by atoms with van der Waals surface area (Å²) in [5.41, 5.74) is 6.04. The number of aliphatic hydroxyl groups excluding tert-OH is 1. The van der Waals surface area contributed by atoms with Gasteiger partial charge < -0.3 is 20.2 Å². The molecule has 3 N–H and O–H groups in total. The predicted molar refractivity (Wildman–Crippen MR) is 149 cm³/mol. The molecule has 3 aromatic rings. The zero-order chi connectivity index (χ0) is 27.0. The summed E-state index contributed by atoms with van der Waals surface area (Å²) < 4.78 is 6.63. The number of aliphatic hydroxyl groups is 1. The van der Waals surface area contributed by atoms with E-state index in [9.17, 15) is 10.4 Å². The molecular weight excluding hydrogens is 480 g/mol. The second-order valence-electron chi connectivity index (χ2n) is 11.5. The minimum absolute atomic E-state index is 0.0964. The van der Waals surface area contributed by atoms with Crippen LogP contribution in [0.2, 0.25) is 18.1 Å². The van der Waals surface area contributed by atoms with Gasteiger partial charge in [0.2, 0.25) is 5.95 Å². The maximum atomic E-state index is 9.95. The Morgan fingerprint density at radius 2 is 2.00 bits per heavy atom. The minimum Gasteiger partial charge on any atom is -0.416 e. The summed E-state index contributed by atoms with van der Waals surface area (Å²) in [4.78, 5) is 13.4. The fourth-order valence-electron chi connectivity index (χ4n) is 4.10. The molecule has 0 fully saturated rings. The zero-order valence-corrected chi connectivity index (χ0v) is 23.7. The first-order valence-corrected chi connectivity index (χ1v) is 15.4. The monoisotopic (exact) mass is 516 g/mol. The molecule has 37 heavy (non-hydrogen) atoms. The highest BCUT2D eigenvalue weighted by molar-refractivity contribution is 6.74. The summed E-state index contributed by atoms with van der Waals surface area (Å²) in [5, 5.41) is 26.2. The Labute approximate surface area is 220 Å². The van der Waals surface area contributed by atoms with E-state index in [1.807, 2.05) is 25.1 Å². The SMILES string of the molecule is Cc1ncc(CO)cc1Nc1nccc(-c2cc(C#N)c3c(c2)[C@@](C)(CO[Si](C)(C)C(C)(C)C)CN3)n1. The van der Waals surface area contributed by atoms with Gasteiger partial charge >= 0.3 is 0 Å². The maximum absolute atomic E-state index is 9.95. The van der Waals surface area contributed by atoms with Crippen molar-refractivity contribution in [3.63, 3.8) is 0 Å². The van der Waals surface area contributed by atoms with Gasteiger partial charge in [-0.3, -0.25) is 4.98 Å². The van der Waals surface area contributed by atoms with Crippen molar-refractivity contribution in [1.82, 2.24) is 15.0 Å². The van der Waals surface area contributed by atoms with Gasteiger partial charge in [0.15, 0.2) is 8.32 Å². The van der Waals surface area contributed by atoms with Gasteiger partial charge in [-0.25, -0.2) is 9.97 Å². The first kappa shape index (κ1) is 26.7. The first-order chi connectivity index (χ1) is 17.4. The molecule has 3 heterocycles. The third-order valence-electron chi connectivity index (χ3n) is 7.65. The van der Waals surface area contributed by atoms with Gasteiger partial charge in [-0.15, -0.1) is 0 Å². The van der Waals surface area contributed by atoms with Crippen LogP contribution in [0.5, 0.6) is 0 Å². The van der Waals surface area contributed by atoms with Crippen LogP contribution in [0.3, 0.4) is 0 Å². The Morgan fingerprint density at radius 1 is 1.24 bits per heavy atom. The van der Waals surface area contributed by atoms with Crippen molar-refractivity contribution in [3.8, 4) is 17.3 Å². The average molecular weight is 517 g/mol. The Kier molecular flexibility index (Phi) is 7.12. The van der Waals surface area contributed by atoms with Crippen LogP contribution in [0.1, 0.15) is 50.1 Å². The Balaban J connectivity index is 1.68. The minimum atomic E-state index is -1.94. The topological polar surface area (TPSA) is 116 Å². The van der Waals surface area contributed by atoms with E-state index < -0.39 is 8.32 Å². The normalized spacial score (nSPS) is 17.2. The molecule has 1 aliphatic heterocycles. The van der Waals surface area contributed by atoms with Crippen LogP contribution >= 0.6 is 0 Å². The van der Waals surface area contributed by atoms with E-state index in [4.69, 9.17) is 9.41 Å². The number of pyridine rings is 1. The molecule has 1 aromatic carbocycles. The summed E-state index contributed by atoms with van der Waals surface area (Å²) in [6.45, 7) is 16.5. The van der Waals surface area contributed by atoms with Crippen molar-refractivity contribution in [2.24, 2.45) is 0 Å². The van der Waals surface area contributed by atoms with Gasteiger partial charge in [0.25, 0.3) is 0 Å². The third kappa shape index (κ3) is 5.37. The number of fused-ring (bicyclic) bond motifs is 1. The van der Waals surface area contributed by atoms with E-state index >= 15 is 0 Å². The Bertz CT molecular complexity index is 1360. The quantitative estimate of drug-likeness (QED) is 0.345. The highest BCUT2D eigenvalue weighted by Gasteiger charge is 2.42. The van der Waals surface area contributed by atoms with Crippen molar-refractivity contribution < 1.29 is 9.53 Å². The van der Waals surface area contributed by atoms with Crippen molar-refractivity contribution >= 4 is 25.6 Å². The van der Waals surface area contributed by atoms with E-state index in [-0.39, 0.29) is 17.1 Å². The fourth-order valence-corrected chi connectivity index (χ4v) is 5.21. The number of nitrogens with one attached hydrogen (secondary N) is 2. The lowest BCUT2D eigenvalue weighted by atomic mass is 9.83. The summed E-state index contributed by atoms with van der Waals surface area (Å²) in [7, 11) is -1.94. The smallest absolute Gasteiger partial charge is 0.227 e. The first-order valence-electron chi connectivity index (χ1n) is 12.5. The van der Waals surface area contributed by atoms with Gasteiger partial charge in [0.05, 0.1) is 34.9 Å². The highest BCUT2D eigenvalue weighted by Crippen LogP contribution is 2.44. The summed E-state index contributed by atoms with van der Waals surface area (Å²) in [6.07, 6.45) is 3.34. The molecule has 0 bridgehead atoms. The molecule has 9 heteroatoms. The number of anilines is 3. The number of nitrogens with zero attached hydrogens (tertiary/aromatic N) is 4. The van der Waals surface area contributed by atoms with Crippen LogP contribution < -0.4 is 10.6 Å². The predicted octanol–water partition coefficient (Wildman–Crippen LogP) is 5.66. The van der Waals surface area contributed by atoms with Crippen LogP contribution in [0.15, 0.2) is 36.7 Å². The average Bonchev–Trinajstić information content (AvgIpc) is 3.20. The molecule has 0 radical (unpaired) electrons. The van der Waals surface area contributed by atoms with Crippen LogP contribution in [-0.2, 0) is 16.4 Å². The molecular formula is C28H36N6O2Si. The zero-order valence-electron chi connectivity index (χ0n) is 22.7. The number of rotatable bonds is 7. The highest BCUT2D eigenvalue weighted by atomic mass is 28.4. The number of benzene rings is 1. The maximum Gasteiger partial charge on any atom is 0.227 e. The van der Waals surface area contributed by atoms with Crippen LogP contribution in [-0.4, -0.2) is 41.5 Å². The second-order valence-corrected chi connectivity index (χ2v) is 16.4. The third-order valence-corrected chi connectivity index (χ3v) is 12.1. The van der Waals surface area contributed by atoms with Crippen molar-refractivity contribution in [2.75, 3.05) is 23.8 Å². The van der Waals surface area contributed by atoms with Crippen molar-refractivity contribution in [3.05, 3.63) is 59.0 Å². The molecule has 0 saturated heterocycles. The lowest BCUT2D eigenvalue weighted by Crippen LogP contribution is -2.45. The van der Waals surface area contributed by atoms with Gasteiger partial charge in [-0.05, 0) is 60.4 Å². The fraction of sp³-hybridized carbons (Fsp3) is 0.429. The summed E-state index contributed by atoms with van der Waals surface area (Å²) >= 11 is 0. The van der Waals surface area contributed by atoms with Crippen molar-refractivity contribution in [1.29, 1.82) is 5.26 Å². The molecule has 2 aromatic heterocycles. The molecule has 0 saturated carbocycles. The summed E-state index contributed by atoms with van der Waals surface area (Å²) in [5.74, 6) is 0.415.